The lowest BCUT2D eigenvalue weighted by Crippen LogP contribution is -2.41. The number of aromatic nitrogens is 4. The Morgan fingerprint density at radius 3 is 2.74 bits per heavy atom. The summed E-state index contributed by atoms with van der Waals surface area (Å²) in [5.74, 6) is 0.602. The Balaban J connectivity index is 1.09. The Bertz CT molecular complexity index is 1170. The van der Waals surface area contributed by atoms with E-state index in [0.717, 1.165) is 29.1 Å². The Hall–Kier alpha value is -3.11. The second-order valence-electron chi connectivity index (χ2n) is 9.20. The van der Waals surface area contributed by atoms with Crippen molar-refractivity contribution in [2.75, 3.05) is 30.0 Å². The van der Waals surface area contributed by atoms with E-state index in [1.165, 1.54) is 37.0 Å². The molecular weight excluding hydrogens is 452 g/mol. The normalized spacial score (nSPS) is 19.9. The van der Waals surface area contributed by atoms with Crippen LogP contribution >= 0.6 is 11.3 Å². The maximum absolute atomic E-state index is 12.0. The molecule has 0 atom stereocenters. The first-order valence-electron chi connectivity index (χ1n) is 11.7. The van der Waals surface area contributed by atoms with Crippen molar-refractivity contribution in [3.8, 4) is 16.6 Å². The maximum atomic E-state index is 12.0. The van der Waals surface area contributed by atoms with Crippen molar-refractivity contribution >= 4 is 33.9 Å². The van der Waals surface area contributed by atoms with Crippen LogP contribution in [-0.4, -0.2) is 51.7 Å². The van der Waals surface area contributed by atoms with E-state index in [9.17, 15) is 4.79 Å². The minimum absolute atomic E-state index is 0.0539. The highest BCUT2D eigenvalue weighted by Gasteiger charge is 2.45. The third-order valence-corrected chi connectivity index (χ3v) is 7.83. The zero-order valence-electron chi connectivity index (χ0n) is 18.8. The summed E-state index contributed by atoms with van der Waals surface area (Å²) < 4.78 is 11.3. The van der Waals surface area contributed by atoms with Crippen LogP contribution in [0, 0.1) is 5.41 Å². The van der Waals surface area contributed by atoms with Crippen LogP contribution in [-0.2, 0) is 9.53 Å². The van der Waals surface area contributed by atoms with Gasteiger partial charge in [-0.2, -0.15) is 4.98 Å². The molecule has 1 amide bonds. The molecule has 176 valence electrons. The molecule has 6 rings (SSSR count). The van der Waals surface area contributed by atoms with Crippen molar-refractivity contribution in [3.05, 3.63) is 36.8 Å². The van der Waals surface area contributed by atoms with Crippen LogP contribution in [0.25, 0.3) is 10.6 Å². The number of ether oxygens (including phenoxy) is 2. The molecule has 4 heterocycles. The lowest BCUT2D eigenvalue weighted by molar-refractivity contribution is -0.125. The zero-order chi connectivity index (χ0) is 23.0. The Kier molecular flexibility index (Phi) is 5.62. The minimum atomic E-state index is -0.0539. The second kappa shape index (κ2) is 8.92. The van der Waals surface area contributed by atoms with Gasteiger partial charge in [-0.25, -0.2) is 15.0 Å². The van der Waals surface area contributed by atoms with Gasteiger partial charge in [0.1, 0.15) is 18.5 Å². The number of nitrogens with zero attached hydrogens (tertiary/aromatic N) is 5. The van der Waals surface area contributed by atoms with Gasteiger partial charge < -0.3 is 19.7 Å². The van der Waals surface area contributed by atoms with Gasteiger partial charge in [-0.15, -0.1) is 0 Å². The van der Waals surface area contributed by atoms with E-state index in [4.69, 9.17) is 9.47 Å². The lowest BCUT2D eigenvalue weighted by Gasteiger charge is -2.28. The third-order valence-electron chi connectivity index (χ3n) is 6.89. The number of carbonyl (C=O) groups excluding carboxylic acids is 1. The van der Waals surface area contributed by atoms with E-state index in [2.05, 4.69) is 25.3 Å². The molecule has 2 aliphatic carbocycles. The molecule has 10 heteroatoms. The predicted octanol–water partition coefficient (Wildman–Crippen LogP) is 4.20. The Labute approximate surface area is 201 Å². The van der Waals surface area contributed by atoms with Crippen molar-refractivity contribution < 1.29 is 14.3 Å². The van der Waals surface area contributed by atoms with Crippen molar-refractivity contribution in [3.63, 3.8) is 0 Å². The van der Waals surface area contributed by atoms with Crippen LogP contribution in [0.1, 0.15) is 38.5 Å². The van der Waals surface area contributed by atoms with Gasteiger partial charge >= 0.3 is 6.01 Å². The summed E-state index contributed by atoms with van der Waals surface area (Å²) in [6, 6.07) is 6.02. The Morgan fingerprint density at radius 1 is 1.09 bits per heavy atom. The van der Waals surface area contributed by atoms with Gasteiger partial charge in [0, 0.05) is 18.9 Å². The molecule has 3 aromatic rings. The number of rotatable bonds is 6. The summed E-state index contributed by atoms with van der Waals surface area (Å²) in [7, 11) is 0. The summed E-state index contributed by atoms with van der Waals surface area (Å²) in [5, 5.41) is 3.93. The zero-order valence-corrected chi connectivity index (χ0v) is 19.6. The number of hydrogen-bond donors (Lipinski definition) is 1. The van der Waals surface area contributed by atoms with Crippen LogP contribution in [0.5, 0.6) is 6.01 Å². The molecule has 3 aromatic heterocycles. The SMILES string of the molecule is O=C1COCCN1c1ccc(Nc2ncc(-c3ccnc(OC4CCC5(CC4)CC5)n3)s2)nc1. The molecule has 34 heavy (non-hydrogen) atoms. The first-order chi connectivity index (χ1) is 16.7. The number of pyridine rings is 1. The molecule has 0 aromatic carbocycles. The molecule has 0 radical (unpaired) electrons. The highest BCUT2D eigenvalue weighted by Crippen LogP contribution is 2.56. The van der Waals surface area contributed by atoms with Crippen molar-refractivity contribution in [2.45, 2.75) is 44.6 Å². The van der Waals surface area contributed by atoms with Crippen LogP contribution in [0.4, 0.5) is 16.6 Å². The topological polar surface area (TPSA) is 102 Å². The summed E-state index contributed by atoms with van der Waals surface area (Å²) in [5.41, 5.74) is 2.19. The number of carbonyl (C=O) groups is 1. The quantitative estimate of drug-likeness (QED) is 0.562. The number of amides is 1. The molecule has 1 spiro atoms. The standard InChI is InChI=1S/C24H26N6O3S/c31-21-15-32-12-11-30(21)16-1-2-20(26-13-16)29-23-27-14-19(34-23)18-5-10-25-22(28-18)33-17-3-6-24(7-4-17)8-9-24/h1-2,5,10,13-14,17H,3-4,6-9,11-12,15H2,(H,26,27,29). The molecule has 1 N–H and O–H groups in total. The fourth-order valence-electron chi connectivity index (χ4n) is 4.65. The van der Waals surface area contributed by atoms with Gasteiger partial charge in [-0.1, -0.05) is 11.3 Å². The van der Waals surface area contributed by atoms with E-state index >= 15 is 0 Å². The highest BCUT2D eigenvalue weighted by atomic mass is 32.1. The van der Waals surface area contributed by atoms with Gasteiger partial charge in [-0.3, -0.25) is 4.79 Å². The van der Waals surface area contributed by atoms with Crippen LogP contribution in [0.3, 0.4) is 0 Å². The molecule has 1 aliphatic heterocycles. The number of anilines is 3. The molecule has 3 fully saturated rings. The molecule has 0 bridgehead atoms. The third kappa shape index (κ3) is 4.60. The van der Waals surface area contributed by atoms with Crippen LogP contribution in [0.15, 0.2) is 36.8 Å². The molecule has 0 unspecified atom stereocenters. The summed E-state index contributed by atoms with van der Waals surface area (Å²) >= 11 is 1.49. The molecule has 3 aliphatic rings. The maximum Gasteiger partial charge on any atom is 0.317 e. The van der Waals surface area contributed by atoms with Gasteiger partial charge in [-0.05, 0) is 62.1 Å². The predicted molar refractivity (Wildman–Crippen MR) is 128 cm³/mol. The number of hydrogen-bond acceptors (Lipinski definition) is 9. The fourth-order valence-corrected chi connectivity index (χ4v) is 5.45. The van der Waals surface area contributed by atoms with Gasteiger partial charge in [0.15, 0.2) is 5.13 Å². The lowest BCUT2D eigenvalue weighted by atomic mass is 9.85. The molecule has 9 nitrogen and oxygen atoms in total. The van der Waals surface area contributed by atoms with Gasteiger partial charge in [0.2, 0.25) is 0 Å². The first kappa shape index (κ1) is 21.4. The van der Waals surface area contributed by atoms with Crippen molar-refractivity contribution in [1.29, 1.82) is 0 Å². The second-order valence-corrected chi connectivity index (χ2v) is 10.2. The fraction of sp³-hybridized carbons (Fsp3) is 0.458. The van der Waals surface area contributed by atoms with Gasteiger partial charge in [0.05, 0.1) is 29.1 Å². The van der Waals surface area contributed by atoms with Crippen molar-refractivity contribution in [1.82, 2.24) is 19.9 Å². The molecular formula is C24H26N6O3S. The first-order valence-corrected chi connectivity index (χ1v) is 12.5. The summed E-state index contributed by atoms with van der Waals surface area (Å²) in [6.45, 7) is 1.18. The van der Waals surface area contributed by atoms with E-state index in [1.54, 1.807) is 23.5 Å². The minimum Gasteiger partial charge on any atom is -0.460 e. The number of nitrogens with one attached hydrogen (secondary N) is 1. The van der Waals surface area contributed by atoms with E-state index in [0.29, 0.717) is 35.5 Å². The molecule has 1 saturated heterocycles. The number of morpholine rings is 1. The summed E-state index contributed by atoms with van der Waals surface area (Å²) in [4.78, 5) is 32.5. The van der Waals surface area contributed by atoms with Crippen LogP contribution < -0.4 is 15.0 Å². The van der Waals surface area contributed by atoms with Gasteiger partial charge in [0.25, 0.3) is 5.91 Å². The monoisotopic (exact) mass is 478 g/mol. The Morgan fingerprint density at radius 2 is 1.97 bits per heavy atom. The molecule has 2 saturated carbocycles. The highest BCUT2D eigenvalue weighted by molar-refractivity contribution is 7.18. The van der Waals surface area contributed by atoms with Crippen molar-refractivity contribution in [2.24, 2.45) is 5.41 Å². The number of thiazole rings is 1. The summed E-state index contributed by atoms with van der Waals surface area (Å²) in [6.07, 6.45) is 12.9. The largest absolute Gasteiger partial charge is 0.460 e. The van der Waals surface area contributed by atoms with Crippen LogP contribution in [0.2, 0.25) is 0 Å². The van der Waals surface area contributed by atoms with E-state index in [-0.39, 0.29) is 18.6 Å². The van der Waals surface area contributed by atoms with E-state index in [1.807, 2.05) is 18.2 Å². The average molecular weight is 479 g/mol. The smallest absolute Gasteiger partial charge is 0.317 e. The van der Waals surface area contributed by atoms with E-state index < -0.39 is 0 Å². The average Bonchev–Trinajstić information content (AvgIpc) is 3.46.